The fourth-order valence-corrected chi connectivity index (χ4v) is 3.65. The number of aryl methyl sites for hydroxylation is 1. The third-order valence-corrected chi connectivity index (χ3v) is 5.17. The zero-order valence-corrected chi connectivity index (χ0v) is 14.1. The Balaban J connectivity index is 1.87. The standard InChI is InChI=1S/C16H21F4N3O2/c1-15(4-3-5-15)11-12(9-6-16(19,20)7-9)22-23(2)13(11)21-14(24)25-8-10(17)18/h9-10H,3-8H2,1-2H3,(H,21,24). The summed E-state index contributed by atoms with van der Waals surface area (Å²) >= 11 is 0. The van der Waals surface area contributed by atoms with Gasteiger partial charge in [0.05, 0.1) is 5.69 Å². The van der Waals surface area contributed by atoms with Gasteiger partial charge in [0.1, 0.15) is 5.82 Å². The highest BCUT2D eigenvalue weighted by Crippen LogP contribution is 2.54. The fraction of sp³-hybridized carbons (Fsp3) is 0.750. The maximum absolute atomic E-state index is 13.3. The Bertz CT molecular complexity index is 663. The van der Waals surface area contributed by atoms with E-state index in [1.807, 2.05) is 6.92 Å². The third-order valence-electron chi connectivity index (χ3n) is 5.17. The van der Waals surface area contributed by atoms with Crippen LogP contribution in [0.15, 0.2) is 0 Å². The van der Waals surface area contributed by atoms with E-state index in [9.17, 15) is 22.4 Å². The molecule has 0 saturated heterocycles. The quantitative estimate of drug-likeness (QED) is 0.798. The summed E-state index contributed by atoms with van der Waals surface area (Å²) in [5, 5.41) is 6.83. The lowest BCUT2D eigenvalue weighted by molar-refractivity contribution is -0.0880. The molecule has 25 heavy (non-hydrogen) atoms. The first-order chi connectivity index (χ1) is 11.6. The maximum Gasteiger partial charge on any atom is 0.413 e. The first kappa shape index (κ1) is 18.0. The molecule has 0 aliphatic heterocycles. The highest BCUT2D eigenvalue weighted by molar-refractivity contribution is 5.85. The average Bonchev–Trinajstić information content (AvgIpc) is 2.77. The molecule has 0 aromatic carbocycles. The van der Waals surface area contributed by atoms with Crippen molar-refractivity contribution in [1.82, 2.24) is 9.78 Å². The van der Waals surface area contributed by atoms with Crippen molar-refractivity contribution >= 4 is 11.9 Å². The molecule has 5 nitrogen and oxygen atoms in total. The van der Waals surface area contributed by atoms with Crippen molar-refractivity contribution in [3.63, 3.8) is 0 Å². The van der Waals surface area contributed by atoms with Crippen molar-refractivity contribution < 1.29 is 27.1 Å². The normalized spacial score (nSPS) is 21.6. The number of nitrogens with one attached hydrogen (secondary N) is 1. The molecule has 2 saturated carbocycles. The van der Waals surface area contributed by atoms with Gasteiger partial charge < -0.3 is 4.74 Å². The molecule has 1 aromatic rings. The largest absolute Gasteiger partial charge is 0.443 e. The number of halogens is 4. The van der Waals surface area contributed by atoms with E-state index in [1.165, 1.54) is 4.68 Å². The summed E-state index contributed by atoms with van der Waals surface area (Å²) in [6.07, 6.45) is -1.57. The minimum absolute atomic E-state index is 0.262. The van der Waals surface area contributed by atoms with Crippen LogP contribution in [0.5, 0.6) is 0 Å². The van der Waals surface area contributed by atoms with Crippen molar-refractivity contribution in [2.45, 2.75) is 62.7 Å². The van der Waals surface area contributed by atoms with E-state index < -0.39 is 25.0 Å². The summed E-state index contributed by atoms with van der Waals surface area (Å²) in [7, 11) is 1.59. The Morgan fingerprint density at radius 3 is 2.52 bits per heavy atom. The average molecular weight is 363 g/mol. The van der Waals surface area contributed by atoms with Gasteiger partial charge >= 0.3 is 6.09 Å². The number of hydrogen-bond acceptors (Lipinski definition) is 3. The molecule has 2 aliphatic carbocycles. The van der Waals surface area contributed by atoms with E-state index in [0.717, 1.165) is 24.8 Å². The van der Waals surface area contributed by atoms with Crippen LogP contribution in [0.3, 0.4) is 0 Å². The fourth-order valence-electron chi connectivity index (χ4n) is 3.65. The Kier molecular flexibility index (Phi) is 4.45. The van der Waals surface area contributed by atoms with Crippen LogP contribution in [0, 0.1) is 0 Å². The van der Waals surface area contributed by atoms with E-state index in [1.54, 1.807) is 7.05 Å². The van der Waals surface area contributed by atoms with E-state index in [-0.39, 0.29) is 24.2 Å². The predicted octanol–water partition coefficient (Wildman–Crippen LogP) is 4.19. The zero-order valence-electron chi connectivity index (χ0n) is 14.1. The number of hydrogen-bond donors (Lipinski definition) is 1. The number of nitrogens with zero attached hydrogens (tertiary/aromatic N) is 2. The molecular weight excluding hydrogens is 342 g/mol. The van der Waals surface area contributed by atoms with Crippen LogP contribution in [0.1, 0.15) is 56.2 Å². The summed E-state index contributed by atoms with van der Waals surface area (Å²) in [4.78, 5) is 11.8. The topological polar surface area (TPSA) is 56.2 Å². The van der Waals surface area contributed by atoms with Gasteiger partial charge in [0, 0.05) is 31.4 Å². The molecule has 9 heteroatoms. The van der Waals surface area contributed by atoms with Gasteiger partial charge in [-0.1, -0.05) is 13.3 Å². The minimum Gasteiger partial charge on any atom is -0.443 e. The number of alkyl halides is 4. The lowest BCUT2D eigenvalue weighted by Gasteiger charge is -2.42. The van der Waals surface area contributed by atoms with E-state index in [4.69, 9.17) is 0 Å². The van der Waals surface area contributed by atoms with E-state index in [0.29, 0.717) is 11.5 Å². The summed E-state index contributed by atoms with van der Waals surface area (Å²) < 4.78 is 56.8. The molecule has 2 fully saturated rings. The van der Waals surface area contributed by atoms with Gasteiger partial charge in [0.2, 0.25) is 5.92 Å². The van der Waals surface area contributed by atoms with Gasteiger partial charge in [-0.25, -0.2) is 22.4 Å². The maximum atomic E-state index is 13.3. The number of aromatic nitrogens is 2. The molecule has 1 amide bonds. The molecule has 0 bridgehead atoms. The Hall–Kier alpha value is -1.80. The molecule has 1 heterocycles. The third kappa shape index (κ3) is 3.46. The molecule has 0 spiro atoms. The number of amides is 1. The van der Waals surface area contributed by atoms with E-state index >= 15 is 0 Å². The van der Waals surface area contributed by atoms with Gasteiger partial charge in [-0.3, -0.25) is 10.00 Å². The lowest BCUT2D eigenvalue weighted by atomic mass is 9.63. The molecule has 0 atom stereocenters. The Labute approximate surface area is 142 Å². The summed E-state index contributed by atoms with van der Waals surface area (Å²) in [6, 6.07) is 0. The second-order valence-electron chi connectivity index (χ2n) is 7.22. The number of ether oxygens (including phenoxy) is 1. The molecule has 1 N–H and O–H groups in total. The second kappa shape index (κ2) is 6.17. The minimum atomic E-state index is -2.76. The SMILES string of the molecule is Cn1nc(C2CC(F)(F)C2)c(C2(C)CCC2)c1NC(=O)OCC(F)F. The van der Waals surface area contributed by atoms with Crippen LogP contribution in [0.25, 0.3) is 0 Å². The molecule has 140 valence electrons. The van der Waals surface area contributed by atoms with Crippen LogP contribution >= 0.6 is 0 Å². The first-order valence-corrected chi connectivity index (χ1v) is 8.28. The molecule has 0 radical (unpaired) electrons. The lowest BCUT2D eigenvalue weighted by Crippen LogP contribution is -2.37. The highest BCUT2D eigenvalue weighted by atomic mass is 19.3. The molecule has 2 aliphatic rings. The highest BCUT2D eigenvalue weighted by Gasteiger charge is 2.50. The van der Waals surface area contributed by atoms with E-state index in [2.05, 4.69) is 15.2 Å². The summed E-state index contributed by atoms with van der Waals surface area (Å²) in [5.74, 6) is -2.70. The van der Waals surface area contributed by atoms with Crippen LogP contribution in [-0.2, 0) is 17.2 Å². The van der Waals surface area contributed by atoms with Gasteiger partial charge in [-0.15, -0.1) is 0 Å². The van der Waals surface area contributed by atoms with Gasteiger partial charge in [-0.05, 0) is 18.3 Å². The van der Waals surface area contributed by atoms with Gasteiger partial charge in [-0.2, -0.15) is 5.10 Å². The van der Waals surface area contributed by atoms with Crippen molar-refractivity contribution in [3.8, 4) is 0 Å². The number of carbonyl (C=O) groups is 1. The van der Waals surface area contributed by atoms with Gasteiger partial charge in [0.15, 0.2) is 6.61 Å². The Morgan fingerprint density at radius 1 is 1.40 bits per heavy atom. The predicted molar refractivity (Wildman–Crippen MR) is 82.3 cm³/mol. The smallest absolute Gasteiger partial charge is 0.413 e. The first-order valence-electron chi connectivity index (χ1n) is 8.28. The molecular formula is C16H21F4N3O2. The van der Waals surface area contributed by atoms with Crippen LogP contribution in [0.4, 0.5) is 28.2 Å². The van der Waals surface area contributed by atoms with Crippen LogP contribution < -0.4 is 5.32 Å². The van der Waals surface area contributed by atoms with Crippen molar-refractivity contribution in [2.24, 2.45) is 7.05 Å². The zero-order chi connectivity index (χ0) is 18.4. The number of carbonyl (C=O) groups excluding carboxylic acids is 1. The molecule has 1 aromatic heterocycles. The molecule has 0 unspecified atom stereocenters. The number of rotatable bonds is 5. The van der Waals surface area contributed by atoms with Crippen molar-refractivity contribution in [2.75, 3.05) is 11.9 Å². The van der Waals surface area contributed by atoms with Crippen molar-refractivity contribution in [3.05, 3.63) is 11.3 Å². The Morgan fingerprint density at radius 2 is 2.04 bits per heavy atom. The van der Waals surface area contributed by atoms with Crippen molar-refractivity contribution in [1.29, 1.82) is 0 Å². The van der Waals surface area contributed by atoms with Gasteiger partial charge in [0.25, 0.3) is 6.43 Å². The van der Waals surface area contributed by atoms with Crippen LogP contribution in [-0.4, -0.2) is 34.8 Å². The van der Waals surface area contributed by atoms with Crippen LogP contribution in [0.2, 0.25) is 0 Å². The molecule has 3 rings (SSSR count). The summed E-state index contributed by atoms with van der Waals surface area (Å²) in [6.45, 7) is 1.00. The monoisotopic (exact) mass is 363 g/mol. The second-order valence-corrected chi connectivity index (χ2v) is 7.22. The summed E-state index contributed by atoms with van der Waals surface area (Å²) in [5.41, 5.74) is 1.04. The number of anilines is 1.